The third-order valence-electron chi connectivity index (χ3n) is 3.99. The number of halogens is 1. The van der Waals surface area contributed by atoms with E-state index < -0.39 is 24.9 Å². The molecule has 0 aliphatic rings. The first-order valence-electron chi connectivity index (χ1n) is 8.78. The molecule has 6 N–H and O–H groups in total. The highest BCUT2D eigenvalue weighted by Crippen LogP contribution is 2.14. The van der Waals surface area contributed by atoms with E-state index in [4.69, 9.17) is 15.6 Å². The molecule has 0 saturated heterocycles. The van der Waals surface area contributed by atoms with Gasteiger partial charge in [-0.15, -0.1) is 12.4 Å². The van der Waals surface area contributed by atoms with Crippen molar-refractivity contribution in [3.63, 3.8) is 0 Å². The number of carboxylic acid groups (broad SMARTS) is 1. The maximum absolute atomic E-state index is 12.3. The highest BCUT2D eigenvalue weighted by atomic mass is 35.5. The molecule has 0 unspecified atom stereocenters. The van der Waals surface area contributed by atoms with Crippen molar-refractivity contribution >= 4 is 31.4 Å². The molecule has 1 atom stereocenters. The van der Waals surface area contributed by atoms with E-state index in [0.717, 1.165) is 0 Å². The van der Waals surface area contributed by atoms with Crippen LogP contribution in [0.4, 0.5) is 0 Å². The number of nitrogens with two attached hydrogens (primary N) is 1. The summed E-state index contributed by atoms with van der Waals surface area (Å²) in [7, 11) is -1.79. The molecule has 10 heteroatoms. The van der Waals surface area contributed by atoms with Crippen LogP contribution in [0.25, 0.3) is 0 Å². The van der Waals surface area contributed by atoms with Crippen molar-refractivity contribution in [3.05, 3.63) is 65.2 Å². The van der Waals surface area contributed by atoms with Crippen molar-refractivity contribution in [3.8, 4) is 5.75 Å². The van der Waals surface area contributed by atoms with Gasteiger partial charge >= 0.3 is 13.1 Å². The first kappa shape index (κ1) is 24.5. The van der Waals surface area contributed by atoms with Crippen molar-refractivity contribution < 1.29 is 29.5 Å². The molecule has 1 amide bonds. The fourth-order valence-corrected chi connectivity index (χ4v) is 2.68. The second-order valence-electron chi connectivity index (χ2n) is 6.26. The Bertz CT molecular complexity index is 821. The van der Waals surface area contributed by atoms with Gasteiger partial charge in [0.2, 0.25) is 5.91 Å². The van der Waals surface area contributed by atoms with E-state index in [1.807, 2.05) is 0 Å². The van der Waals surface area contributed by atoms with Crippen molar-refractivity contribution in [2.24, 2.45) is 5.73 Å². The molecular formula is C19H24BClN2O6. The van der Waals surface area contributed by atoms with Gasteiger partial charge in [-0.2, -0.15) is 0 Å². The van der Waals surface area contributed by atoms with Gasteiger partial charge in [-0.3, -0.25) is 4.79 Å². The summed E-state index contributed by atoms with van der Waals surface area (Å²) in [6.07, 6.45) is 0.0996. The topological polar surface area (TPSA) is 142 Å². The predicted molar refractivity (Wildman–Crippen MR) is 111 cm³/mol. The van der Waals surface area contributed by atoms with E-state index in [2.05, 4.69) is 5.32 Å². The Morgan fingerprint density at radius 1 is 1.10 bits per heavy atom. The number of carbonyl (C=O) groups excluding carboxylic acids is 1. The molecular weight excluding hydrogens is 398 g/mol. The van der Waals surface area contributed by atoms with Gasteiger partial charge in [0, 0.05) is 6.54 Å². The van der Waals surface area contributed by atoms with Gasteiger partial charge in [0.1, 0.15) is 12.4 Å². The van der Waals surface area contributed by atoms with Crippen LogP contribution in [0.5, 0.6) is 5.75 Å². The summed E-state index contributed by atoms with van der Waals surface area (Å²) < 4.78 is 5.42. The quantitative estimate of drug-likeness (QED) is 0.349. The van der Waals surface area contributed by atoms with Crippen molar-refractivity contribution in [1.29, 1.82) is 0 Å². The summed E-state index contributed by atoms with van der Waals surface area (Å²) in [5.74, 6) is -1.86. The van der Waals surface area contributed by atoms with Crippen LogP contribution >= 0.6 is 12.4 Å². The minimum atomic E-state index is -1.79. The van der Waals surface area contributed by atoms with Gasteiger partial charge in [-0.05, 0) is 41.8 Å². The molecule has 0 fully saturated rings. The van der Waals surface area contributed by atoms with Gasteiger partial charge < -0.3 is 30.9 Å². The second kappa shape index (κ2) is 12.1. The molecule has 156 valence electrons. The standard InChI is InChI=1S/C19H23BN2O6.ClH/c21-7-8-28-16-6-2-4-14(10-16)12-18(23)22-17(20(26)27)11-13-3-1-5-15(9-13)19(24)25;/h1-6,9-10,17,26-27H,7-8,11-12,21H2,(H,22,23)(H,24,25);1H/t17-;/m0./s1. The third-order valence-corrected chi connectivity index (χ3v) is 3.99. The lowest BCUT2D eigenvalue weighted by molar-refractivity contribution is -0.120. The Balaban J connectivity index is 0.00000420. The maximum Gasteiger partial charge on any atom is 0.475 e. The van der Waals surface area contributed by atoms with E-state index in [-0.39, 0.29) is 30.8 Å². The monoisotopic (exact) mass is 422 g/mol. The molecule has 0 spiro atoms. The summed E-state index contributed by atoms with van der Waals surface area (Å²) in [5, 5.41) is 30.8. The van der Waals surface area contributed by atoms with E-state index >= 15 is 0 Å². The Hall–Kier alpha value is -2.59. The minimum absolute atomic E-state index is 0. The van der Waals surface area contributed by atoms with E-state index in [0.29, 0.717) is 30.0 Å². The fraction of sp³-hybridized carbons (Fsp3) is 0.263. The lowest BCUT2D eigenvalue weighted by Crippen LogP contribution is -2.48. The van der Waals surface area contributed by atoms with Crippen LogP contribution in [-0.4, -0.2) is 53.2 Å². The summed E-state index contributed by atoms with van der Waals surface area (Å²) in [4.78, 5) is 23.4. The molecule has 2 aromatic carbocycles. The molecule has 0 radical (unpaired) electrons. The average Bonchev–Trinajstić information content (AvgIpc) is 2.66. The lowest BCUT2D eigenvalue weighted by Gasteiger charge is -2.18. The minimum Gasteiger partial charge on any atom is -0.492 e. The van der Waals surface area contributed by atoms with Crippen molar-refractivity contribution in [2.45, 2.75) is 18.8 Å². The number of hydrogen-bond acceptors (Lipinski definition) is 6. The molecule has 8 nitrogen and oxygen atoms in total. The normalized spacial score (nSPS) is 11.1. The van der Waals surface area contributed by atoms with Crippen molar-refractivity contribution in [2.75, 3.05) is 13.2 Å². The second-order valence-corrected chi connectivity index (χ2v) is 6.26. The maximum atomic E-state index is 12.3. The van der Waals surface area contributed by atoms with Gasteiger partial charge in [-0.1, -0.05) is 24.3 Å². The zero-order valence-electron chi connectivity index (χ0n) is 15.7. The Kier molecular flexibility index (Phi) is 10.2. The first-order chi connectivity index (χ1) is 13.4. The molecule has 2 rings (SSSR count). The highest BCUT2D eigenvalue weighted by molar-refractivity contribution is 6.43. The van der Waals surface area contributed by atoms with E-state index in [9.17, 15) is 19.6 Å². The van der Waals surface area contributed by atoms with Crippen LogP contribution in [0.2, 0.25) is 0 Å². The highest BCUT2D eigenvalue weighted by Gasteiger charge is 2.26. The smallest absolute Gasteiger partial charge is 0.475 e. The van der Waals surface area contributed by atoms with Crippen LogP contribution < -0.4 is 15.8 Å². The van der Waals surface area contributed by atoms with E-state index in [1.165, 1.54) is 12.1 Å². The van der Waals surface area contributed by atoms with E-state index in [1.54, 1.807) is 36.4 Å². The number of aromatic carboxylic acids is 1. The number of amides is 1. The molecule has 0 aliphatic heterocycles. The number of ether oxygens (including phenoxy) is 1. The van der Waals surface area contributed by atoms with Crippen LogP contribution in [0.1, 0.15) is 21.5 Å². The third kappa shape index (κ3) is 8.12. The summed E-state index contributed by atoms with van der Waals surface area (Å²) in [5.41, 5.74) is 6.75. The Labute approximate surface area is 175 Å². The first-order valence-corrected chi connectivity index (χ1v) is 8.78. The van der Waals surface area contributed by atoms with Gasteiger partial charge in [0.15, 0.2) is 0 Å². The predicted octanol–water partition coefficient (Wildman–Crippen LogP) is 0.426. The SMILES string of the molecule is Cl.NCCOc1cccc(CC(=O)N[C@@H](Cc2cccc(C(=O)O)c2)B(O)O)c1. The van der Waals surface area contributed by atoms with Crippen LogP contribution in [0.15, 0.2) is 48.5 Å². The Morgan fingerprint density at radius 3 is 2.45 bits per heavy atom. The number of rotatable bonds is 10. The van der Waals surface area contributed by atoms with Gasteiger partial charge in [0.25, 0.3) is 0 Å². The summed E-state index contributed by atoms with van der Waals surface area (Å²) in [6, 6.07) is 13.1. The molecule has 29 heavy (non-hydrogen) atoms. The number of hydrogen-bond donors (Lipinski definition) is 5. The fourth-order valence-electron chi connectivity index (χ4n) is 2.68. The van der Waals surface area contributed by atoms with Crippen LogP contribution in [0.3, 0.4) is 0 Å². The molecule has 0 heterocycles. The van der Waals surface area contributed by atoms with Crippen LogP contribution in [-0.2, 0) is 17.6 Å². The number of carboxylic acids is 1. The zero-order valence-corrected chi connectivity index (χ0v) is 16.5. The lowest BCUT2D eigenvalue weighted by atomic mass is 9.75. The number of nitrogens with one attached hydrogen (secondary N) is 1. The van der Waals surface area contributed by atoms with Crippen molar-refractivity contribution in [1.82, 2.24) is 5.32 Å². The summed E-state index contributed by atoms with van der Waals surface area (Å²) in [6.45, 7) is 0.744. The molecule has 2 aromatic rings. The molecule has 0 aliphatic carbocycles. The zero-order chi connectivity index (χ0) is 20.5. The molecule has 0 saturated carbocycles. The van der Waals surface area contributed by atoms with Gasteiger partial charge in [-0.25, -0.2) is 4.79 Å². The Morgan fingerprint density at radius 2 is 1.79 bits per heavy atom. The largest absolute Gasteiger partial charge is 0.492 e. The van der Waals surface area contributed by atoms with Gasteiger partial charge in [0.05, 0.1) is 17.9 Å². The molecule has 0 bridgehead atoms. The summed E-state index contributed by atoms with van der Waals surface area (Å²) >= 11 is 0. The van der Waals surface area contributed by atoms with Crippen LogP contribution in [0, 0.1) is 0 Å². The number of carbonyl (C=O) groups is 2. The number of benzene rings is 2. The average molecular weight is 423 g/mol. The molecule has 0 aromatic heterocycles.